The standard InChI is InChI=1S/C18H26F2N6S.HI/c1-21-17(22-9-12-11-27-18(24-12)26(4)5)23-10-15(25(2)3)16-13(19)7-6-8-14(16)20;/h6-8,11,15H,9-10H2,1-5H3,(H2,21,22,23);1H. The second kappa shape index (κ2) is 11.5. The van der Waals surface area contributed by atoms with Gasteiger partial charge in [-0.25, -0.2) is 13.8 Å². The molecule has 10 heteroatoms. The van der Waals surface area contributed by atoms with Crippen LogP contribution < -0.4 is 15.5 Å². The Bertz CT molecular complexity index is 761. The quantitative estimate of drug-likeness (QED) is 0.332. The summed E-state index contributed by atoms with van der Waals surface area (Å²) in [4.78, 5) is 12.4. The van der Waals surface area contributed by atoms with E-state index in [-0.39, 0.29) is 29.5 Å². The Morgan fingerprint density at radius 2 is 1.82 bits per heavy atom. The van der Waals surface area contributed by atoms with Gasteiger partial charge in [-0.3, -0.25) is 4.99 Å². The highest BCUT2D eigenvalue weighted by Gasteiger charge is 2.22. The normalized spacial score (nSPS) is 12.5. The van der Waals surface area contributed by atoms with Crippen molar-refractivity contribution in [3.8, 4) is 0 Å². The summed E-state index contributed by atoms with van der Waals surface area (Å²) >= 11 is 1.56. The van der Waals surface area contributed by atoms with Gasteiger partial charge in [0.2, 0.25) is 0 Å². The van der Waals surface area contributed by atoms with E-state index in [0.29, 0.717) is 19.0 Å². The van der Waals surface area contributed by atoms with Gasteiger partial charge >= 0.3 is 0 Å². The number of benzene rings is 1. The highest BCUT2D eigenvalue weighted by atomic mass is 127. The van der Waals surface area contributed by atoms with Crippen molar-refractivity contribution in [2.75, 3.05) is 46.7 Å². The van der Waals surface area contributed by atoms with Gasteiger partial charge in [0.25, 0.3) is 0 Å². The fraction of sp³-hybridized carbons (Fsp3) is 0.444. The van der Waals surface area contributed by atoms with Crippen LogP contribution in [0.25, 0.3) is 0 Å². The van der Waals surface area contributed by atoms with Gasteiger partial charge in [0.1, 0.15) is 11.6 Å². The Kier molecular flexibility index (Phi) is 10.0. The molecule has 0 spiro atoms. The number of nitrogens with one attached hydrogen (secondary N) is 2. The zero-order valence-electron chi connectivity index (χ0n) is 16.7. The summed E-state index contributed by atoms with van der Waals surface area (Å²) in [6.45, 7) is 0.801. The minimum absolute atomic E-state index is 0. The fourth-order valence-corrected chi connectivity index (χ4v) is 3.30. The van der Waals surface area contributed by atoms with E-state index in [2.05, 4.69) is 20.6 Å². The molecule has 2 rings (SSSR count). The van der Waals surface area contributed by atoms with Crippen molar-refractivity contribution >= 4 is 46.4 Å². The van der Waals surface area contributed by atoms with Crippen LogP contribution in [0.15, 0.2) is 28.6 Å². The van der Waals surface area contributed by atoms with Gasteiger partial charge < -0.3 is 20.4 Å². The summed E-state index contributed by atoms with van der Waals surface area (Å²) in [6, 6.07) is 3.42. The lowest BCUT2D eigenvalue weighted by Gasteiger charge is -2.26. The smallest absolute Gasteiger partial charge is 0.191 e. The SMILES string of the molecule is CN=C(NCc1csc(N(C)C)n1)NCC(c1c(F)cccc1F)N(C)C.I. The fourth-order valence-electron chi connectivity index (χ4n) is 2.54. The number of hydrogen-bond donors (Lipinski definition) is 2. The van der Waals surface area contributed by atoms with E-state index in [9.17, 15) is 8.78 Å². The maximum atomic E-state index is 14.2. The van der Waals surface area contributed by atoms with Crippen molar-refractivity contribution in [2.45, 2.75) is 12.6 Å². The Balaban J connectivity index is 0.00000392. The molecule has 0 saturated heterocycles. The molecule has 2 N–H and O–H groups in total. The molecule has 28 heavy (non-hydrogen) atoms. The average Bonchev–Trinajstić information content (AvgIpc) is 3.09. The number of likely N-dealkylation sites (N-methyl/N-ethyl adjacent to an activating group) is 1. The third kappa shape index (κ3) is 6.52. The van der Waals surface area contributed by atoms with Gasteiger partial charge in [0.15, 0.2) is 11.1 Å². The third-order valence-corrected chi connectivity index (χ3v) is 5.06. The van der Waals surface area contributed by atoms with E-state index >= 15 is 0 Å². The van der Waals surface area contributed by atoms with Gasteiger partial charge in [-0.2, -0.15) is 0 Å². The third-order valence-electron chi connectivity index (χ3n) is 4.00. The Hall–Kier alpha value is -1.53. The second-order valence-corrected chi connectivity index (χ2v) is 7.27. The summed E-state index contributed by atoms with van der Waals surface area (Å²) in [6.07, 6.45) is 0. The summed E-state index contributed by atoms with van der Waals surface area (Å²) in [5.74, 6) is -0.577. The van der Waals surface area contributed by atoms with Crippen molar-refractivity contribution < 1.29 is 8.78 Å². The maximum Gasteiger partial charge on any atom is 0.191 e. The van der Waals surface area contributed by atoms with Crippen LogP contribution in [-0.4, -0.2) is 57.6 Å². The number of nitrogens with zero attached hydrogens (tertiary/aromatic N) is 4. The van der Waals surface area contributed by atoms with Crippen LogP contribution in [0, 0.1) is 11.6 Å². The molecule has 0 fully saturated rings. The zero-order valence-corrected chi connectivity index (χ0v) is 19.8. The van der Waals surface area contributed by atoms with E-state index < -0.39 is 17.7 Å². The molecule has 0 bridgehead atoms. The van der Waals surface area contributed by atoms with Gasteiger partial charge in [0.05, 0.1) is 18.3 Å². The minimum atomic E-state index is -0.558. The first-order valence-electron chi connectivity index (χ1n) is 8.50. The molecular weight excluding hydrogens is 497 g/mol. The first-order valence-corrected chi connectivity index (χ1v) is 9.38. The first kappa shape index (κ1) is 24.5. The molecule has 1 heterocycles. The number of aromatic nitrogens is 1. The predicted molar refractivity (Wildman–Crippen MR) is 123 cm³/mol. The molecule has 2 aromatic rings. The highest BCUT2D eigenvalue weighted by Crippen LogP contribution is 2.24. The van der Waals surface area contributed by atoms with Crippen LogP contribution >= 0.6 is 35.3 Å². The number of aliphatic imine (C=N–C) groups is 1. The predicted octanol–water partition coefficient (Wildman–Crippen LogP) is 3.07. The van der Waals surface area contributed by atoms with Crippen LogP contribution in [0.1, 0.15) is 17.3 Å². The number of hydrogen-bond acceptors (Lipinski definition) is 5. The lowest BCUT2D eigenvalue weighted by Crippen LogP contribution is -2.41. The van der Waals surface area contributed by atoms with Gasteiger partial charge in [-0.1, -0.05) is 6.07 Å². The number of anilines is 1. The first-order chi connectivity index (χ1) is 12.8. The van der Waals surface area contributed by atoms with Crippen LogP contribution in [0.3, 0.4) is 0 Å². The van der Waals surface area contributed by atoms with E-state index in [1.165, 1.54) is 18.2 Å². The van der Waals surface area contributed by atoms with Crippen LogP contribution in [0.5, 0.6) is 0 Å². The van der Waals surface area contributed by atoms with Gasteiger partial charge in [-0.05, 0) is 26.2 Å². The highest BCUT2D eigenvalue weighted by molar-refractivity contribution is 14.0. The molecule has 6 nitrogen and oxygen atoms in total. The van der Waals surface area contributed by atoms with Gasteiger partial charge in [0, 0.05) is 38.6 Å². The van der Waals surface area contributed by atoms with E-state index in [4.69, 9.17) is 0 Å². The Morgan fingerprint density at radius 1 is 1.18 bits per heavy atom. The minimum Gasteiger partial charge on any atom is -0.354 e. The van der Waals surface area contributed by atoms with Crippen LogP contribution in [0.4, 0.5) is 13.9 Å². The molecule has 0 aliphatic rings. The topological polar surface area (TPSA) is 55.8 Å². The average molecular weight is 524 g/mol. The Labute approximate surface area is 186 Å². The summed E-state index contributed by atoms with van der Waals surface area (Å²) in [5, 5.41) is 9.21. The summed E-state index contributed by atoms with van der Waals surface area (Å²) < 4.78 is 28.3. The number of thiazole rings is 1. The van der Waals surface area contributed by atoms with Crippen molar-refractivity contribution in [3.63, 3.8) is 0 Å². The lowest BCUT2D eigenvalue weighted by atomic mass is 10.0. The molecule has 1 atom stereocenters. The largest absolute Gasteiger partial charge is 0.354 e. The second-order valence-electron chi connectivity index (χ2n) is 6.44. The number of halogens is 3. The number of guanidine groups is 1. The van der Waals surface area contributed by atoms with Crippen LogP contribution in [0.2, 0.25) is 0 Å². The van der Waals surface area contributed by atoms with Crippen LogP contribution in [-0.2, 0) is 6.54 Å². The summed E-state index contributed by atoms with van der Waals surface area (Å²) in [5.41, 5.74) is 0.941. The number of rotatable bonds is 7. The van der Waals surface area contributed by atoms with Crippen molar-refractivity contribution in [1.82, 2.24) is 20.5 Å². The van der Waals surface area contributed by atoms with Gasteiger partial charge in [-0.15, -0.1) is 35.3 Å². The van der Waals surface area contributed by atoms with Crippen molar-refractivity contribution in [2.24, 2.45) is 4.99 Å². The summed E-state index contributed by atoms with van der Waals surface area (Å²) in [7, 11) is 9.11. The molecule has 1 aromatic carbocycles. The lowest BCUT2D eigenvalue weighted by molar-refractivity contribution is 0.282. The molecule has 0 radical (unpaired) electrons. The zero-order chi connectivity index (χ0) is 20.0. The van der Waals surface area contributed by atoms with E-state index in [0.717, 1.165) is 10.8 Å². The molecule has 0 amide bonds. The van der Waals surface area contributed by atoms with Crippen molar-refractivity contribution in [1.29, 1.82) is 0 Å². The molecular formula is C18H27F2IN6S. The van der Waals surface area contributed by atoms with E-state index in [1.54, 1.807) is 37.4 Å². The molecule has 0 saturated carbocycles. The monoisotopic (exact) mass is 524 g/mol. The maximum absolute atomic E-state index is 14.2. The molecule has 0 aliphatic carbocycles. The molecule has 1 aromatic heterocycles. The molecule has 156 valence electrons. The molecule has 1 unspecified atom stereocenters. The molecule has 0 aliphatic heterocycles. The Morgan fingerprint density at radius 3 is 2.32 bits per heavy atom. The van der Waals surface area contributed by atoms with Crippen molar-refractivity contribution in [3.05, 3.63) is 46.5 Å². The van der Waals surface area contributed by atoms with E-state index in [1.807, 2.05) is 24.4 Å².